The van der Waals surface area contributed by atoms with Crippen molar-refractivity contribution in [1.82, 2.24) is 5.32 Å². The Morgan fingerprint density at radius 3 is 2.72 bits per heavy atom. The van der Waals surface area contributed by atoms with Crippen LogP contribution in [0, 0.1) is 0 Å². The lowest BCUT2D eigenvalue weighted by Gasteiger charge is -2.27. The van der Waals surface area contributed by atoms with Gasteiger partial charge in [-0.15, -0.1) is 0 Å². The SMILES string of the molecule is O=C1CCN(c2cc(C(=O)O)ccc2Cl)C(=O)N1. The Morgan fingerprint density at radius 2 is 2.11 bits per heavy atom. The Hall–Kier alpha value is -2.08. The average molecular weight is 269 g/mol. The van der Waals surface area contributed by atoms with Crippen LogP contribution in [0.4, 0.5) is 10.5 Å². The lowest BCUT2D eigenvalue weighted by atomic mass is 10.1. The molecule has 1 saturated heterocycles. The van der Waals surface area contributed by atoms with E-state index in [2.05, 4.69) is 5.32 Å². The van der Waals surface area contributed by atoms with Crippen LogP contribution >= 0.6 is 11.6 Å². The Labute approximate surface area is 107 Å². The number of anilines is 1. The Balaban J connectivity index is 2.38. The number of imide groups is 1. The number of benzene rings is 1. The normalized spacial score (nSPS) is 15.5. The average Bonchev–Trinajstić information content (AvgIpc) is 2.30. The zero-order valence-corrected chi connectivity index (χ0v) is 9.90. The van der Waals surface area contributed by atoms with E-state index in [1.807, 2.05) is 0 Å². The molecule has 1 heterocycles. The van der Waals surface area contributed by atoms with Gasteiger partial charge in [0.05, 0.1) is 16.3 Å². The summed E-state index contributed by atoms with van der Waals surface area (Å²) in [5.74, 6) is -1.47. The van der Waals surface area contributed by atoms with Crippen molar-refractivity contribution >= 4 is 35.2 Å². The summed E-state index contributed by atoms with van der Waals surface area (Å²) in [6, 6.07) is 3.46. The van der Waals surface area contributed by atoms with Crippen molar-refractivity contribution in [2.24, 2.45) is 0 Å². The monoisotopic (exact) mass is 268 g/mol. The van der Waals surface area contributed by atoms with Gasteiger partial charge < -0.3 is 5.11 Å². The minimum Gasteiger partial charge on any atom is -0.478 e. The number of nitrogens with zero attached hydrogens (tertiary/aromatic N) is 1. The number of hydrogen-bond acceptors (Lipinski definition) is 3. The molecule has 6 nitrogen and oxygen atoms in total. The number of hydrogen-bond donors (Lipinski definition) is 2. The molecule has 0 aromatic heterocycles. The maximum atomic E-state index is 11.6. The first kappa shape index (κ1) is 12.4. The number of nitrogens with one attached hydrogen (secondary N) is 1. The van der Waals surface area contributed by atoms with E-state index in [0.29, 0.717) is 0 Å². The van der Waals surface area contributed by atoms with Crippen LogP contribution in [-0.4, -0.2) is 29.6 Å². The molecular weight excluding hydrogens is 260 g/mol. The number of carboxylic acid groups (broad SMARTS) is 1. The topological polar surface area (TPSA) is 86.7 Å². The van der Waals surface area contributed by atoms with Crippen molar-refractivity contribution in [2.45, 2.75) is 6.42 Å². The summed E-state index contributed by atoms with van der Waals surface area (Å²) in [6.07, 6.45) is 0.152. The van der Waals surface area contributed by atoms with Gasteiger partial charge in [-0.05, 0) is 18.2 Å². The lowest BCUT2D eigenvalue weighted by Crippen LogP contribution is -2.49. The van der Waals surface area contributed by atoms with Crippen molar-refractivity contribution in [3.8, 4) is 0 Å². The number of amides is 3. The molecule has 0 radical (unpaired) electrons. The van der Waals surface area contributed by atoms with E-state index in [0.717, 1.165) is 0 Å². The van der Waals surface area contributed by atoms with Gasteiger partial charge >= 0.3 is 12.0 Å². The minimum absolute atomic E-state index is 0.0269. The highest BCUT2D eigenvalue weighted by Crippen LogP contribution is 2.28. The first-order chi connectivity index (χ1) is 8.49. The number of rotatable bonds is 2. The molecule has 0 aliphatic carbocycles. The fraction of sp³-hybridized carbons (Fsp3) is 0.182. The second-order valence-electron chi connectivity index (χ2n) is 3.73. The van der Waals surface area contributed by atoms with E-state index in [4.69, 9.17) is 16.7 Å². The maximum Gasteiger partial charge on any atom is 0.335 e. The highest BCUT2D eigenvalue weighted by Gasteiger charge is 2.26. The van der Waals surface area contributed by atoms with E-state index < -0.39 is 12.0 Å². The van der Waals surface area contributed by atoms with E-state index in [1.54, 1.807) is 0 Å². The van der Waals surface area contributed by atoms with Crippen LogP contribution in [0.3, 0.4) is 0 Å². The summed E-state index contributed by atoms with van der Waals surface area (Å²) in [6.45, 7) is 0.174. The molecule has 0 saturated carbocycles. The summed E-state index contributed by atoms with van der Waals surface area (Å²) in [5, 5.41) is 11.3. The molecule has 94 valence electrons. The fourth-order valence-corrected chi connectivity index (χ4v) is 1.87. The molecule has 18 heavy (non-hydrogen) atoms. The summed E-state index contributed by atoms with van der Waals surface area (Å²) >= 11 is 5.94. The van der Waals surface area contributed by atoms with Gasteiger partial charge in [0.1, 0.15) is 0 Å². The molecule has 3 amide bonds. The minimum atomic E-state index is -1.11. The molecule has 7 heteroatoms. The third kappa shape index (κ3) is 2.28. The van der Waals surface area contributed by atoms with Gasteiger partial charge in [0.25, 0.3) is 0 Å². The molecule has 1 aliphatic rings. The predicted molar refractivity (Wildman–Crippen MR) is 63.9 cm³/mol. The summed E-state index contributed by atoms with van der Waals surface area (Å²) in [7, 11) is 0. The molecule has 0 spiro atoms. The van der Waals surface area contributed by atoms with Crippen LogP contribution in [-0.2, 0) is 4.79 Å². The number of halogens is 1. The van der Waals surface area contributed by atoms with Crippen molar-refractivity contribution in [1.29, 1.82) is 0 Å². The highest BCUT2D eigenvalue weighted by atomic mass is 35.5. The van der Waals surface area contributed by atoms with Gasteiger partial charge in [-0.2, -0.15) is 0 Å². The first-order valence-electron chi connectivity index (χ1n) is 5.13. The Kier molecular flexibility index (Phi) is 3.20. The number of carboxylic acids is 1. The van der Waals surface area contributed by atoms with E-state index in [9.17, 15) is 14.4 Å². The molecule has 1 aliphatic heterocycles. The Morgan fingerprint density at radius 1 is 1.39 bits per heavy atom. The second-order valence-corrected chi connectivity index (χ2v) is 4.13. The summed E-state index contributed by atoms with van der Waals surface area (Å²) in [5.41, 5.74) is 0.306. The molecule has 0 unspecified atom stereocenters. The van der Waals surface area contributed by atoms with Crippen molar-refractivity contribution in [3.05, 3.63) is 28.8 Å². The molecular formula is C11H9ClN2O4. The van der Waals surface area contributed by atoms with Crippen molar-refractivity contribution in [2.75, 3.05) is 11.4 Å². The fourth-order valence-electron chi connectivity index (χ4n) is 1.65. The van der Waals surface area contributed by atoms with Gasteiger partial charge in [-0.3, -0.25) is 15.0 Å². The van der Waals surface area contributed by atoms with Gasteiger partial charge in [-0.25, -0.2) is 9.59 Å². The number of urea groups is 1. The van der Waals surface area contributed by atoms with Gasteiger partial charge in [0, 0.05) is 13.0 Å². The molecule has 1 aromatic carbocycles. The maximum absolute atomic E-state index is 11.6. The van der Waals surface area contributed by atoms with Crippen LogP contribution in [0.5, 0.6) is 0 Å². The second kappa shape index (κ2) is 4.66. The largest absolute Gasteiger partial charge is 0.478 e. The summed E-state index contributed by atoms with van der Waals surface area (Å²) < 4.78 is 0. The van der Waals surface area contributed by atoms with Crippen molar-refractivity contribution < 1.29 is 19.5 Å². The zero-order chi connectivity index (χ0) is 13.3. The third-order valence-electron chi connectivity index (χ3n) is 2.54. The smallest absolute Gasteiger partial charge is 0.335 e. The van der Waals surface area contributed by atoms with Gasteiger partial charge in [0.2, 0.25) is 5.91 Å². The highest BCUT2D eigenvalue weighted by molar-refractivity contribution is 6.34. The Bertz CT molecular complexity index is 544. The van der Waals surface area contributed by atoms with Gasteiger partial charge in [-0.1, -0.05) is 11.6 Å². The molecule has 0 atom stereocenters. The summed E-state index contributed by atoms with van der Waals surface area (Å²) in [4.78, 5) is 34.8. The number of carbonyl (C=O) groups excluding carboxylic acids is 2. The standard InChI is InChI=1S/C11H9ClN2O4/c12-7-2-1-6(10(16)17)5-8(7)14-4-3-9(15)13-11(14)18/h1-2,5H,3-4H2,(H,16,17)(H,13,15,18). The quantitative estimate of drug-likeness (QED) is 0.851. The number of carbonyl (C=O) groups is 3. The molecule has 0 bridgehead atoms. The van der Waals surface area contributed by atoms with Crippen molar-refractivity contribution in [3.63, 3.8) is 0 Å². The number of aromatic carboxylic acids is 1. The lowest BCUT2D eigenvalue weighted by molar-refractivity contribution is -0.120. The molecule has 2 N–H and O–H groups in total. The first-order valence-corrected chi connectivity index (χ1v) is 5.51. The van der Waals surface area contributed by atoms with Crippen LogP contribution in [0.25, 0.3) is 0 Å². The van der Waals surface area contributed by atoms with Crippen LogP contribution in [0.2, 0.25) is 5.02 Å². The van der Waals surface area contributed by atoms with Gasteiger partial charge in [0.15, 0.2) is 0 Å². The van der Waals surface area contributed by atoms with E-state index in [-0.39, 0.29) is 35.1 Å². The zero-order valence-electron chi connectivity index (χ0n) is 9.14. The van der Waals surface area contributed by atoms with E-state index >= 15 is 0 Å². The molecule has 1 aromatic rings. The predicted octanol–water partition coefficient (Wildman–Crippen LogP) is 1.48. The third-order valence-corrected chi connectivity index (χ3v) is 2.86. The molecule has 1 fully saturated rings. The van der Waals surface area contributed by atoms with Crippen LogP contribution < -0.4 is 10.2 Å². The molecule has 2 rings (SSSR count). The van der Waals surface area contributed by atoms with Crippen LogP contribution in [0.1, 0.15) is 16.8 Å². The van der Waals surface area contributed by atoms with Crippen LogP contribution in [0.15, 0.2) is 18.2 Å². The van der Waals surface area contributed by atoms with E-state index in [1.165, 1.54) is 23.1 Å².